The Hall–Kier alpha value is -5.18. The molecule has 4 aromatic rings. The molecule has 1 aromatic heterocycles. The first kappa shape index (κ1) is 23.0. The number of amides is 1. The summed E-state index contributed by atoms with van der Waals surface area (Å²) in [5, 5.41) is 19.7. The molecule has 0 fully saturated rings. The third-order valence-electron chi connectivity index (χ3n) is 4.84. The first-order valence-corrected chi connectivity index (χ1v) is 10.6. The van der Waals surface area contributed by atoms with Crippen molar-refractivity contribution in [3.63, 3.8) is 0 Å². The molecule has 0 spiro atoms. The van der Waals surface area contributed by atoms with Gasteiger partial charge in [0.1, 0.15) is 0 Å². The summed E-state index contributed by atoms with van der Waals surface area (Å²) >= 11 is 0. The molecule has 0 aliphatic rings. The van der Waals surface area contributed by atoms with E-state index in [0.29, 0.717) is 27.8 Å². The number of aromatic nitrogens is 1. The van der Waals surface area contributed by atoms with Gasteiger partial charge in [-0.15, -0.1) is 0 Å². The van der Waals surface area contributed by atoms with Crippen LogP contribution in [0.15, 0.2) is 101 Å². The minimum absolute atomic E-state index is 0.0489. The number of para-hydroxylation sites is 1. The molecule has 0 saturated carbocycles. The van der Waals surface area contributed by atoms with Crippen LogP contribution in [0.4, 0.5) is 11.4 Å². The van der Waals surface area contributed by atoms with Crippen LogP contribution in [0.25, 0.3) is 17.0 Å². The van der Waals surface area contributed by atoms with Crippen molar-refractivity contribution in [1.29, 1.82) is 0 Å². The Balaban J connectivity index is 1.49. The Morgan fingerprint density at radius 3 is 2.57 bits per heavy atom. The number of nitro benzene ring substituents is 1. The molecule has 9 heteroatoms. The smallest absolute Gasteiger partial charge is 0.272 e. The fourth-order valence-corrected chi connectivity index (χ4v) is 3.23. The van der Waals surface area contributed by atoms with Gasteiger partial charge in [-0.05, 0) is 29.8 Å². The number of fused-ring (bicyclic) bond motifs is 1. The number of anilines is 1. The van der Waals surface area contributed by atoms with Gasteiger partial charge in [0.15, 0.2) is 0 Å². The Morgan fingerprint density at radius 1 is 0.943 bits per heavy atom. The number of allylic oxidation sites excluding steroid dienone is 1. The van der Waals surface area contributed by atoms with E-state index in [1.807, 2.05) is 48.5 Å². The summed E-state index contributed by atoms with van der Waals surface area (Å²) < 4.78 is 0. The van der Waals surface area contributed by atoms with Gasteiger partial charge in [0, 0.05) is 23.7 Å². The minimum atomic E-state index is -0.482. The van der Waals surface area contributed by atoms with Gasteiger partial charge < -0.3 is 0 Å². The lowest BCUT2D eigenvalue weighted by atomic mass is 10.1. The van der Waals surface area contributed by atoms with Crippen molar-refractivity contribution in [2.24, 2.45) is 10.2 Å². The van der Waals surface area contributed by atoms with E-state index in [4.69, 9.17) is 0 Å². The van der Waals surface area contributed by atoms with Gasteiger partial charge in [-0.1, -0.05) is 60.7 Å². The summed E-state index contributed by atoms with van der Waals surface area (Å²) in [5.74, 6) is -0.394. The summed E-state index contributed by atoms with van der Waals surface area (Å²) in [5.41, 5.74) is 8.13. The molecule has 1 heterocycles. The number of benzene rings is 3. The second-order valence-corrected chi connectivity index (χ2v) is 7.28. The van der Waals surface area contributed by atoms with Crippen molar-refractivity contribution in [1.82, 2.24) is 10.4 Å². The predicted molar refractivity (Wildman–Crippen MR) is 137 cm³/mol. The zero-order chi connectivity index (χ0) is 24.5. The monoisotopic (exact) mass is 464 g/mol. The van der Waals surface area contributed by atoms with Gasteiger partial charge in [-0.25, -0.2) is 10.4 Å². The number of hydrazone groups is 2. The number of pyridine rings is 1. The Morgan fingerprint density at radius 2 is 1.74 bits per heavy atom. The Kier molecular flexibility index (Phi) is 7.29. The van der Waals surface area contributed by atoms with Crippen molar-refractivity contribution in [3.8, 4) is 0 Å². The summed E-state index contributed by atoms with van der Waals surface area (Å²) in [6.07, 6.45) is 6.55. The molecule has 0 aliphatic carbocycles. The van der Waals surface area contributed by atoms with Gasteiger partial charge in [0.2, 0.25) is 0 Å². The molecule has 0 atom stereocenters. The lowest BCUT2D eigenvalue weighted by Gasteiger charge is -2.06. The Bertz CT molecular complexity index is 1450. The molecule has 172 valence electrons. The highest BCUT2D eigenvalue weighted by Crippen LogP contribution is 2.19. The van der Waals surface area contributed by atoms with Crippen LogP contribution < -0.4 is 10.9 Å². The quantitative estimate of drug-likeness (QED) is 0.215. The maximum atomic E-state index is 12.8. The lowest BCUT2D eigenvalue weighted by molar-refractivity contribution is -0.384. The van der Waals surface area contributed by atoms with E-state index in [1.165, 1.54) is 24.6 Å². The number of hydrogen-bond donors (Lipinski definition) is 2. The van der Waals surface area contributed by atoms with E-state index in [0.717, 1.165) is 5.56 Å². The third-order valence-corrected chi connectivity index (χ3v) is 4.84. The zero-order valence-corrected chi connectivity index (χ0v) is 18.4. The summed E-state index contributed by atoms with van der Waals surface area (Å²) in [6, 6.07) is 24.6. The largest absolute Gasteiger partial charge is 0.278 e. The highest BCUT2D eigenvalue weighted by atomic mass is 16.6. The molecule has 0 saturated heterocycles. The molecule has 9 nitrogen and oxygen atoms in total. The van der Waals surface area contributed by atoms with Crippen LogP contribution in [-0.2, 0) is 0 Å². The highest BCUT2D eigenvalue weighted by Gasteiger charge is 2.12. The van der Waals surface area contributed by atoms with Crippen molar-refractivity contribution in [3.05, 3.63) is 118 Å². The molecule has 0 aliphatic heterocycles. The van der Waals surface area contributed by atoms with E-state index in [-0.39, 0.29) is 5.69 Å². The Labute approximate surface area is 200 Å². The van der Waals surface area contributed by atoms with Crippen LogP contribution in [0.1, 0.15) is 21.6 Å². The number of nitrogens with one attached hydrogen (secondary N) is 2. The highest BCUT2D eigenvalue weighted by molar-refractivity contribution is 6.07. The topological polar surface area (TPSA) is 122 Å². The standard InChI is InChI=1S/C26H20N6O3/c33-26(31-27-15-7-10-19-8-2-1-3-9-19)24-17-21(29-25-14-5-4-13-23(24)25)18-28-30-20-11-6-12-22(16-20)32(34)35/h1-18,30H,(H,31,33)/b10-7+,27-15-,28-18+. The summed E-state index contributed by atoms with van der Waals surface area (Å²) in [6.45, 7) is 0. The van der Waals surface area contributed by atoms with E-state index in [1.54, 1.807) is 36.4 Å². The second-order valence-electron chi connectivity index (χ2n) is 7.28. The first-order valence-electron chi connectivity index (χ1n) is 10.6. The van der Waals surface area contributed by atoms with E-state index in [9.17, 15) is 14.9 Å². The minimum Gasteiger partial charge on any atom is -0.278 e. The van der Waals surface area contributed by atoms with E-state index in [2.05, 4.69) is 26.0 Å². The number of non-ortho nitro benzene ring substituents is 1. The molecule has 4 rings (SSSR count). The number of rotatable bonds is 8. The summed E-state index contributed by atoms with van der Waals surface area (Å²) in [7, 11) is 0. The molecular weight excluding hydrogens is 444 g/mol. The molecule has 3 aromatic carbocycles. The van der Waals surface area contributed by atoms with Crippen LogP contribution in [0.5, 0.6) is 0 Å². The normalized spacial score (nSPS) is 11.4. The van der Waals surface area contributed by atoms with Crippen LogP contribution in [0.2, 0.25) is 0 Å². The number of carbonyl (C=O) groups excluding carboxylic acids is 1. The zero-order valence-electron chi connectivity index (χ0n) is 18.4. The number of nitrogens with zero attached hydrogens (tertiary/aromatic N) is 4. The van der Waals surface area contributed by atoms with Gasteiger partial charge >= 0.3 is 0 Å². The molecule has 2 N–H and O–H groups in total. The average Bonchev–Trinajstić information content (AvgIpc) is 2.88. The van der Waals surface area contributed by atoms with Crippen molar-refractivity contribution in [2.45, 2.75) is 0 Å². The molecule has 0 radical (unpaired) electrons. The first-order chi connectivity index (χ1) is 17.1. The van der Waals surface area contributed by atoms with Crippen LogP contribution in [-0.4, -0.2) is 28.2 Å². The van der Waals surface area contributed by atoms with Crippen molar-refractivity contribution < 1.29 is 9.72 Å². The molecular formula is C26H20N6O3. The second kappa shape index (κ2) is 11.1. The van der Waals surface area contributed by atoms with Gasteiger partial charge in [-0.2, -0.15) is 10.2 Å². The number of carbonyl (C=O) groups is 1. The fourth-order valence-electron chi connectivity index (χ4n) is 3.23. The molecule has 35 heavy (non-hydrogen) atoms. The molecule has 0 unspecified atom stereocenters. The third kappa shape index (κ3) is 6.20. The van der Waals surface area contributed by atoms with Crippen molar-refractivity contribution >= 4 is 46.7 Å². The molecule has 0 bridgehead atoms. The van der Waals surface area contributed by atoms with Gasteiger partial charge in [0.25, 0.3) is 11.6 Å². The number of hydrogen-bond acceptors (Lipinski definition) is 7. The average molecular weight is 464 g/mol. The number of nitro groups is 1. The predicted octanol–water partition coefficient (Wildman–Crippen LogP) is 5.02. The fraction of sp³-hybridized carbons (Fsp3) is 0. The molecule has 1 amide bonds. The van der Waals surface area contributed by atoms with Crippen LogP contribution in [0, 0.1) is 10.1 Å². The lowest BCUT2D eigenvalue weighted by Crippen LogP contribution is -2.18. The van der Waals surface area contributed by atoms with Gasteiger partial charge in [-0.3, -0.25) is 20.3 Å². The van der Waals surface area contributed by atoms with Gasteiger partial charge in [0.05, 0.1) is 33.6 Å². The van der Waals surface area contributed by atoms with Crippen LogP contribution in [0.3, 0.4) is 0 Å². The maximum absolute atomic E-state index is 12.8. The van der Waals surface area contributed by atoms with Crippen molar-refractivity contribution in [2.75, 3.05) is 5.43 Å². The van der Waals surface area contributed by atoms with Crippen LogP contribution >= 0.6 is 0 Å². The SMILES string of the molecule is O=C(N/N=C\C=C\c1ccccc1)c1cc(/C=N/Nc2cccc([N+](=O)[O-])c2)nc2ccccc12. The van der Waals surface area contributed by atoms with E-state index < -0.39 is 10.8 Å². The summed E-state index contributed by atoms with van der Waals surface area (Å²) in [4.78, 5) is 27.8. The maximum Gasteiger partial charge on any atom is 0.272 e. The van der Waals surface area contributed by atoms with E-state index >= 15 is 0 Å².